The van der Waals surface area contributed by atoms with Gasteiger partial charge in [-0.15, -0.1) is 0 Å². The van der Waals surface area contributed by atoms with Crippen molar-refractivity contribution in [2.75, 3.05) is 32.1 Å². The molecule has 1 aromatic carbocycles. The molecule has 1 fully saturated rings. The van der Waals surface area contributed by atoms with Crippen molar-refractivity contribution in [2.45, 2.75) is 24.9 Å². The fourth-order valence-corrected chi connectivity index (χ4v) is 3.55. The highest BCUT2D eigenvalue weighted by molar-refractivity contribution is 5.95. The Morgan fingerprint density at radius 3 is 3.21 bits per heavy atom. The van der Waals surface area contributed by atoms with Crippen LogP contribution in [-0.4, -0.2) is 58.8 Å². The first-order chi connectivity index (χ1) is 11.7. The lowest BCUT2D eigenvalue weighted by Crippen LogP contribution is -2.36. The second-order valence-corrected chi connectivity index (χ2v) is 6.41. The Bertz CT molecular complexity index is 731. The summed E-state index contributed by atoms with van der Waals surface area (Å²) in [6, 6.07) is 5.88. The number of anilines is 1. The number of benzene rings is 1. The van der Waals surface area contributed by atoms with Gasteiger partial charge in [0.1, 0.15) is 12.2 Å². The normalized spacial score (nSPS) is 22.2. The van der Waals surface area contributed by atoms with Gasteiger partial charge in [-0.3, -0.25) is 9.89 Å². The molecule has 7 nitrogen and oxygen atoms in total. The zero-order valence-corrected chi connectivity index (χ0v) is 13.7. The topological polar surface area (TPSA) is 83.1 Å². The third kappa shape index (κ3) is 2.75. The van der Waals surface area contributed by atoms with Crippen molar-refractivity contribution in [3.63, 3.8) is 0 Å². The summed E-state index contributed by atoms with van der Waals surface area (Å²) in [6.45, 7) is 2.17. The van der Waals surface area contributed by atoms with Crippen molar-refractivity contribution < 1.29 is 9.53 Å². The monoisotopic (exact) mass is 327 g/mol. The van der Waals surface area contributed by atoms with Crippen molar-refractivity contribution in [1.82, 2.24) is 20.1 Å². The van der Waals surface area contributed by atoms with E-state index in [1.54, 1.807) is 4.90 Å². The lowest BCUT2D eigenvalue weighted by molar-refractivity contribution is 0.0550. The molecular weight excluding hydrogens is 306 g/mol. The minimum Gasteiger partial charge on any atom is -0.384 e. The summed E-state index contributed by atoms with van der Waals surface area (Å²) < 4.78 is 5.83. The lowest BCUT2D eigenvalue weighted by atomic mass is 10.00. The van der Waals surface area contributed by atoms with Crippen LogP contribution >= 0.6 is 0 Å². The smallest absolute Gasteiger partial charge is 0.253 e. The number of fused-ring (bicyclic) bond motifs is 1. The number of hydrogen-bond donors (Lipinski definition) is 2. The number of likely N-dealkylation sites (N-methyl/N-ethyl adjacent to an activating group) is 1. The molecule has 4 rings (SSSR count). The van der Waals surface area contributed by atoms with Crippen molar-refractivity contribution >= 4 is 11.6 Å². The molecule has 0 aliphatic carbocycles. The van der Waals surface area contributed by atoms with Crippen LogP contribution in [0.3, 0.4) is 0 Å². The third-order valence-electron chi connectivity index (χ3n) is 4.86. The minimum atomic E-state index is -0.0528. The summed E-state index contributed by atoms with van der Waals surface area (Å²) in [4.78, 5) is 18.7. The summed E-state index contributed by atoms with van der Waals surface area (Å²) in [5, 5.41) is 10.2. The quantitative estimate of drug-likeness (QED) is 0.887. The van der Waals surface area contributed by atoms with Crippen molar-refractivity contribution in [3.05, 3.63) is 41.5 Å². The van der Waals surface area contributed by atoms with E-state index in [4.69, 9.17) is 4.74 Å². The molecule has 2 aliphatic rings. The van der Waals surface area contributed by atoms with Gasteiger partial charge in [-0.05, 0) is 36.6 Å². The first kappa shape index (κ1) is 15.1. The SMILES string of the molecule is CN(C[C@H]1OCC[C@H]1c1ncn[nH]1)C(=O)c1ccc2c(c1)CCN2. The van der Waals surface area contributed by atoms with Gasteiger partial charge in [-0.25, -0.2) is 4.98 Å². The van der Waals surface area contributed by atoms with Crippen molar-refractivity contribution in [1.29, 1.82) is 0 Å². The van der Waals surface area contributed by atoms with E-state index in [1.165, 1.54) is 11.9 Å². The lowest BCUT2D eigenvalue weighted by Gasteiger charge is -2.24. The minimum absolute atomic E-state index is 0.0246. The molecule has 1 saturated heterocycles. The van der Waals surface area contributed by atoms with Crippen LogP contribution in [0.5, 0.6) is 0 Å². The number of aromatic amines is 1. The Labute approximate surface area is 140 Å². The number of rotatable bonds is 4. The third-order valence-corrected chi connectivity index (χ3v) is 4.86. The predicted molar refractivity (Wildman–Crippen MR) is 89.1 cm³/mol. The van der Waals surface area contributed by atoms with Gasteiger partial charge in [0, 0.05) is 43.9 Å². The number of carbonyl (C=O) groups excluding carboxylic acids is 1. The summed E-state index contributed by atoms with van der Waals surface area (Å²) in [7, 11) is 1.83. The van der Waals surface area contributed by atoms with E-state index in [-0.39, 0.29) is 17.9 Å². The molecule has 2 N–H and O–H groups in total. The first-order valence-electron chi connectivity index (χ1n) is 8.31. The van der Waals surface area contributed by atoms with E-state index < -0.39 is 0 Å². The van der Waals surface area contributed by atoms with E-state index in [0.717, 1.165) is 36.5 Å². The van der Waals surface area contributed by atoms with Gasteiger partial charge < -0.3 is 15.0 Å². The number of hydrogen-bond acceptors (Lipinski definition) is 5. The van der Waals surface area contributed by atoms with Crippen LogP contribution in [0.2, 0.25) is 0 Å². The zero-order chi connectivity index (χ0) is 16.5. The molecule has 3 heterocycles. The van der Waals surface area contributed by atoms with E-state index in [1.807, 2.05) is 25.2 Å². The van der Waals surface area contributed by atoms with Crippen molar-refractivity contribution in [3.8, 4) is 0 Å². The van der Waals surface area contributed by atoms with E-state index in [0.29, 0.717) is 13.2 Å². The standard InChI is InChI=1S/C17H21N5O2/c1-22(9-15-13(5-7-24-15)16-19-10-20-21-16)17(23)12-2-3-14-11(8-12)4-6-18-14/h2-3,8,10,13,15,18H,4-7,9H2,1H3,(H,19,20,21)/t13-,15-/m1/s1. The molecular formula is C17H21N5O2. The molecule has 0 radical (unpaired) electrons. The average molecular weight is 327 g/mol. The van der Waals surface area contributed by atoms with Crippen LogP contribution in [0.1, 0.15) is 34.1 Å². The molecule has 0 spiro atoms. The van der Waals surface area contributed by atoms with Crippen LogP contribution < -0.4 is 5.32 Å². The fourth-order valence-electron chi connectivity index (χ4n) is 3.55. The molecule has 0 unspecified atom stereocenters. The van der Waals surface area contributed by atoms with Crippen LogP contribution in [0, 0.1) is 0 Å². The van der Waals surface area contributed by atoms with Crippen LogP contribution in [0.15, 0.2) is 24.5 Å². The number of carbonyl (C=O) groups is 1. The Morgan fingerprint density at radius 1 is 1.46 bits per heavy atom. The maximum absolute atomic E-state index is 12.7. The van der Waals surface area contributed by atoms with Gasteiger partial charge in [0.15, 0.2) is 0 Å². The Hall–Kier alpha value is -2.41. The van der Waals surface area contributed by atoms with Gasteiger partial charge in [0.2, 0.25) is 0 Å². The molecule has 2 atom stereocenters. The van der Waals surface area contributed by atoms with Gasteiger partial charge in [-0.1, -0.05) is 0 Å². The Kier molecular flexibility index (Phi) is 3.93. The molecule has 126 valence electrons. The first-order valence-corrected chi connectivity index (χ1v) is 8.31. The Balaban J connectivity index is 1.45. The zero-order valence-electron chi connectivity index (χ0n) is 13.7. The summed E-state index contributed by atoms with van der Waals surface area (Å²) in [5.41, 5.74) is 3.08. The fraction of sp³-hybridized carbons (Fsp3) is 0.471. The van der Waals surface area contributed by atoms with E-state index in [9.17, 15) is 4.79 Å². The summed E-state index contributed by atoms with van der Waals surface area (Å²) in [5.74, 6) is 1.02. The largest absolute Gasteiger partial charge is 0.384 e. The molecule has 0 saturated carbocycles. The Morgan fingerprint density at radius 2 is 2.38 bits per heavy atom. The van der Waals surface area contributed by atoms with Crippen LogP contribution in [0.25, 0.3) is 0 Å². The number of nitrogens with one attached hydrogen (secondary N) is 2. The van der Waals surface area contributed by atoms with Gasteiger partial charge in [0.05, 0.1) is 6.10 Å². The van der Waals surface area contributed by atoms with Gasteiger partial charge in [-0.2, -0.15) is 5.10 Å². The second kappa shape index (κ2) is 6.24. The number of aromatic nitrogens is 3. The highest BCUT2D eigenvalue weighted by Gasteiger charge is 2.33. The maximum atomic E-state index is 12.7. The van der Waals surface area contributed by atoms with E-state index >= 15 is 0 Å². The van der Waals surface area contributed by atoms with Crippen LogP contribution in [-0.2, 0) is 11.2 Å². The van der Waals surface area contributed by atoms with Gasteiger partial charge in [0.25, 0.3) is 5.91 Å². The molecule has 0 bridgehead atoms. The predicted octanol–water partition coefficient (Wildman–Crippen LogP) is 1.42. The van der Waals surface area contributed by atoms with Crippen LogP contribution in [0.4, 0.5) is 5.69 Å². The molecule has 2 aliphatic heterocycles. The summed E-state index contributed by atoms with van der Waals surface area (Å²) in [6.07, 6.45) is 3.33. The van der Waals surface area contributed by atoms with Crippen molar-refractivity contribution in [2.24, 2.45) is 0 Å². The number of ether oxygens (including phenoxy) is 1. The molecule has 7 heteroatoms. The molecule has 1 aromatic heterocycles. The second-order valence-electron chi connectivity index (χ2n) is 6.41. The molecule has 2 aromatic rings. The highest BCUT2D eigenvalue weighted by Crippen LogP contribution is 2.29. The molecule has 1 amide bonds. The number of amides is 1. The molecule has 24 heavy (non-hydrogen) atoms. The highest BCUT2D eigenvalue weighted by atomic mass is 16.5. The average Bonchev–Trinajstić information content (AvgIpc) is 3.33. The number of H-pyrrole nitrogens is 1. The number of nitrogens with zero attached hydrogens (tertiary/aromatic N) is 3. The van der Waals surface area contributed by atoms with E-state index in [2.05, 4.69) is 20.5 Å². The summed E-state index contributed by atoms with van der Waals surface area (Å²) >= 11 is 0. The van der Waals surface area contributed by atoms with Gasteiger partial charge >= 0.3 is 0 Å². The maximum Gasteiger partial charge on any atom is 0.253 e.